The number of rotatable bonds is 6. The van der Waals surface area contributed by atoms with Gasteiger partial charge in [0.1, 0.15) is 11.6 Å². The third-order valence-electron chi connectivity index (χ3n) is 2.98. The third kappa shape index (κ3) is 3.99. The van der Waals surface area contributed by atoms with E-state index in [0.717, 1.165) is 6.07 Å². The molecule has 0 aliphatic heterocycles. The van der Waals surface area contributed by atoms with Crippen LogP contribution in [0, 0.1) is 17.6 Å². The van der Waals surface area contributed by atoms with Crippen LogP contribution in [0.25, 0.3) is 0 Å². The summed E-state index contributed by atoms with van der Waals surface area (Å²) in [6.45, 7) is 2.22. The first-order valence-corrected chi connectivity index (χ1v) is 6.17. The van der Waals surface area contributed by atoms with Crippen LogP contribution < -0.4 is 16.8 Å². The van der Waals surface area contributed by atoms with E-state index in [-0.39, 0.29) is 18.0 Å². The van der Waals surface area contributed by atoms with Crippen molar-refractivity contribution in [2.45, 2.75) is 19.8 Å². The van der Waals surface area contributed by atoms with Crippen LogP contribution in [0.3, 0.4) is 0 Å². The number of hydrogen-bond donors (Lipinski definition) is 3. The van der Waals surface area contributed by atoms with E-state index in [0.29, 0.717) is 19.0 Å². The van der Waals surface area contributed by atoms with Gasteiger partial charge in [-0.2, -0.15) is 0 Å². The van der Waals surface area contributed by atoms with Crippen LogP contribution in [-0.2, 0) is 4.79 Å². The molecule has 1 aromatic rings. The number of halogens is 2. The highest BCUT2D eigenvalue weighted by molar-refractivity contribution is 5.96. The Balaban J connectivity index is 2.89. The molecule has 0 aliphatic rings. The van der Waals surface area contributed by atoms with Crippen LogP contribution >= 0.6 is 0 Å². The SMILES string of the molecule is CCC(CN)CC(=O)Nc1cc(C(N)=O)c(F)cc1F. The van der Waals surface area contributed by atoms with Crippen molar-refractivity contribution in [1.29, 1.82) is 0 Å². The molecule has 0 heterocycles. The maximum atomic E-state index is 13.5. The number of amides is 2. The van der Waals surface area contributed by atoms with E-state index < -0.39 is 29.0 Å². The molecule has 0 fully saturated rings. The van der Waals surface area contributed by atoms with Crippen molar-refractivity contribution in [3.63, 3.8) is 0 Å². The van der Waals surface area contributed by atoms with Crippen LogP contribution in [0.5, 0.6) is 0 Å². The highest BCUT2D eigenvalue weighted by Crippen LogP contribution is 2.20. The summed E-state index contributed by atoms with van der Waals surface area (Å²) in [4.78, 5) is 22.7. The van der Waals surface area contributed by atoms with Crippen molar-refractivity contribution in [2.24, 2.45) is 17.4 Å². The molecule has 1 unspecified atom stereocenters. The molecule has 110 valence electrons. The van der Waals surface area contributed by atoms with Crippen molar-refractivity contribution in [3.8, 4) is 0 Å². The number of anilines is 1. The van der Waals surface area contributed by atoms with Crippen molar-refractivity contribution in [1.82, 2.24) is 0 Å². The Hall–Kier alpha value is -2.02. The fourth-order valence-corrected chi connectivity index (χ4v) is 1.69. The lowest BCUT2D eigenvalue weighted by Gasteiger charge is -2.13. The van der Waals surface area contributed by atoms with Crippen molar-refractivity contribution >= 4 is 17.5 Å². The summed E-state index contributed by atoms with van der Waals surface area (Å²) in [6, 6.07) is 1.39. The first kappa shape index (κ1) is 16.0. The van der Waals surface area contributed by atoms with Crippen LogP contribution in [-0.4, -0.2) is 18.4 Å². The zero-order valence-electron chi connectivity index (χ0n) is 11.1. The first-order chi connectivity index (χ1) is 9.38. The Morgan fingerprint density at radius 1 is 1.30 bits per heavy atom. The summed E-state index contributed by atoms with van der Waals surface area (Å²) in [5, 5.41) is 2.29. The normalized spacial score (nSPS) is 12.0. The summed E-state index contributed by atoms with van der Waals surface area (Å²) in [7, 11) is 0. The Bertz CT molecular complexity index is 517. The average Bonchev–Trinajstić information content (AvgIpc) is 2.38. The van der Waals surface area contributed by atoms with Crippen molar-refractivity contribution in [3.05, 3.63) is 29.3 Å². The van der Waals surface area contributed by atoms with Gasteiger partial charge in [-0.3, -0.25) is 9.59 Å². The van der Waals surface area contributed by atoms with Gasteiger partial charge in [-0.05, 0) is 18.5 Å². The van der Waals surface area contributed by atoms with Gasteiger partial charge < -0.3 is 16.8 Å². The van der Waals surface area contributed by atoms with Crippen molar-refractivity contribution < 1.29 is 18.4 Å². The number of hydrogen-bond acceptors (Lipinski definition) is 3. The molecule has 7 heteroatoms. The van der Waals surface area contributed by atoms with Crippen LogP contribution in [0.4, 0.5) is 14.5 Å². The fraction of sp³-hybridized carbons (Fsp3) is 0.385. The monoisotopic (exact) mass is 285 g/mol. The molecule has 0 saturated carbocycles. The van der Waals surface area contributed by atoms with E-state index in [4.69, 9.17) is 11.5 Å². The van der Waals surface area contributed by atoms with Gasteiger partial charge in [-0.25, -0.2) is 8.78 Å². The lowest BCUT2D eigenvalue weighted by molar-refractivity contribution is -0.117. The molecule has 0 aromatic heterocycles. The second kappa shape index (κ2) is 6.95. The predicted molar refractivity (Wildman–Crippen MR) is 71.0 cm³/mol. The Morgan fingerprint density at radius 3 is 2.45 bits per heavy atom. The quantitative estimate of drug-likeness (QED) is 0.736. The van der Waals surface area contributed by atoms with Gasteiger partial charge in [0, 0.05) is 12.5 Å². The average molecular weight is 285 g/mol. The number of primary amides is 1. The second-order valence-electron chi connectivity index (χ2n) is 4.44. The van der Waals surface area contributed by atoms with E-state index >= 15 is 0 Å². The number of benzene rings is 1. The van der Waals surface area contributed by atoms with Gasteiger partial charge in [0.15, 0.2) is 0 Å². The van der Waals surface area contributed by atoms with E-state index in [1.54, 1.807) is 0 Å². The Labute approximate surface area is 115 Å². The number of carbonyl (C=O) groups is 2. The fourth-order valence-electron chi connectivity index (χ4n) is 1.69. The van der Waals surface area contributed by atoms with E-state index in [9.17, 15) is 18.4 Å². The molecular formula is C13H17F2N3O2. The van der Waals surface area contributed by atoms with E-state index in [1.807, 2.05) is 6.92 Å². The second-order valence-corrected chi connectivity index (χ2v) is 4.44. The van der Waals surface area contributed by atoms with Gasteiger partial charge in [-0.15, -0.1) is 0 Å². The number of nitrogens with one attached hydrogen (secondary N) is 1. The standard InChI is InChI=1S/C13H17F2N3O2/c1-2-7(6-16)3-12(19)18-11-4-8(13(17)20)9(14)5-10(11)15/h4-5,7H,2-3,6,16H2,1H3,(H2,17,20)(H,18,19). The molecule has 1 rings (SSSR count). The van der Waals surface area contributed by atoms with Gasteiger partial charge in [0.2, 0.25) is 5.91 Å². The lowest BCUT2D eigenvalue weighted by Crippen LogP contribution is -2.22. The Kier molecular flexibility index (Phi) is 5.57. The largest absolute Gasteiger partial charge is 0.366 e. The third-order valence-corrected chi connectivity index (χ3v) is 2.98. The molecule has 20 heavy (non-hydrogen) atoms. The highest BCUT2D eigenvalue weighted by atomic mass is 19.1. The van der Waals surface area contributed by atoms with Crippen molar-refractivity contribution in [2.75, 3.05) is 11.9 Å². The van der Waals surface area contributed by atoms with Crippen LogP contribution in [0.1, 0.15) is 30.1 Å². The summed E-state index contributed by atoms with van der Waals surface area (Å²) >= 11 is 0. The smallest absolute Gasteiger partial charge is 0.251 e. The van der Waals surface area contributed by atoms with Gasteiger partial charge >= 0.3 is 0 Å². The lowest BCUT2D eigenvalue weighted by atomic mass is 10.0. The summed E-state index contributed by atoms with van der Waals surface area (Å²) in [5.74, 6) is -3.55. The first-order valence-electron chi connectivity index (χ1n) is 6.17. The number of carbonyl (C=O) groups excluding carboxylic acids is 2. The van der Waals surface area contributed by atoms with Crippen LogP contribution in [0.15, 0.2) is 12.1 Å². The predicted octanol–water partition coefficient (Wildman–Crippen LogP) is 1.38. The van der Waals surface area contributed by atoms with Crippen LogP contribution in [0.2, 0.25) is 0 Å². The maximum Gasteiger partial charge on any atom is 0.251 e. The van der Waals surface area contributed by atoms with Gasteiger partial charge in [-0.1, -0.05) is 13.3 Å². The van der Waals surface area contributed by atoms with E-state index in [2.05, 4.69) is 5.32 Å². The number of nitrogens with two attached hydrogens (primary N) is 2. The van der Waals surface area contributed by atoms with Gasteiger partial charge in [0.05, 0.1) is 11.3 Å². The molecule has 0 saturated heterocycles. The molecule has 0 aliphatic carbocycles. The minimum atomic E-state index is -1.07. The van der Waals surface area contributed by atoms with Gasteiger partial charge in [0.25, 0.3) is 5.91 Å². The molecular weight excluding hydrogens is 268 g/mol. The summed E-state index contributed by atoms with van der Waals surface area (Å²) in [5.41, 5.74) is 9.67. The highest BCUT2D eigenvalue weighted by Gasteiger charge is 2.17. The molecule has 0 spiro atoms. The minimum Gasteiger partial charge on any atom is -0.366 e. The zero-order valence-corrected chi connectivity index (χ0v) is 11.1. The molecule has 5 nitrogen and oxygen atoms in total. The maximum absolute atomic E-state index is 13.5. The molecule has 0 radical (unpaired) electrons. The minimum absolute atomic E-state index is 0.0193. The zero-order chi connectivity index (χ0) is 15.3. The molecule has 1 atom stereocenters. The molecule has 0 bridgehead atoms. The summed E-state index contributed by atoms with van der Waals surface area (Å²) < 4.78 is 26.8. The molecule has 2 amide bonds. The molecule has 1 aromatic carbocycles. The topological polar surface area (TPSA) is 98.2 Å². The van der Waals surface area contributed by atoms with E-state index in [1.165, 1.54) is 0 Å². The summed E-state index contributed by atoms with van der Waals surface area (Å²) in [6.07, 6.45) is 0.831. The Morgan fingerprint density at radius 2 is 1.95 bits per heavy atom. The molecule has 5 N–H and O–H groups in total.